The van der Waals surface area contributed by atoms with E-state index in [1.807, 2.05) is 0 Å². The van der Waals surface area contributed by atoms with E-state index in [1.54, 1.807) is 18.2 Å². The highest BCUT2D eigenvalue weighted by Gasteiger charge is 2.25. The summed E-state index contributed by atoms with van der Waals surface area (Å²) in [6, 6.07) is 5.25. The van der Waals surface area contributed by atoms with Gasteiger partial charge in [-0.2, -0.15) is 0 Å². The van der Waals surface area contributed by atoms with Crippen LogP contribution in [0.1, 0.15) is 26.7 Å². The van der Waals surface area contributed by atoms with Crippen LogP contribution in [0.3, 0.4) is 0 Å². The van der Waals surface area contributed by atoms with Gasteiger partial charge in [-0.05, 0) is 43.5 Å². The number of rotatable bonds is 7. The van der Waals surface area contributed by atoms with Crippen molar-refractivity contribution in [3.63, 3.8) is 0 Å². The molecule has 118 valence electrons. The van der Waals surface area contributed by atoms with Gasteiger partial charge in [-0.3, -0.25) is 0 Å². The largest absolute Gasteiger partial charge is 0.489 e. The number of benzene rings is 1. The van der Waals surface area contributed by atoms with Crippen molar-refractivity contribution in [1.82, 2.24) is 5.32 Å². The van der Waals surface area contributed by atoms with Crippen LogP contribution in [-0.4, -0.2) is 31.9 Å². The second-order valence-corrected chi connectivity index (χ2v) is 6.74. The predicted octanol–water partition coefficient (Wildman–Crippen LogP) is 4.17. The molecule has 1 N–H and O–H groups in total. The summed E-state index contributed by atoms with van der Waals surface area (Å²) in [5.74, 6) is 1.32. The summed E-state index contributed by atoms with van der Waals surface area (Å²) in [5, 5.41) is 4.58. The number of halogens is 2. The lowest BCUT2D eigenvalue weighted by Gasteiger charge is -2.16. The SMILES string of the molecule is CC(C)CNCC1CCC(COc2ccc(Cl)cc2Cl)O1. The van der Waals surface area contributed by atoms with E-state index in [0.717, 1.165) is 25.9 Å². The molecule has 2 rings (SSSR count). The molecule has 1 aromatic rings. The van der Waals surface area contributed by atoms with Crippen molar-refractivity contribution in [2.45, 2.75) is 38.9 Å². The highest BCUT2D eigenvalue weighted by atomic mass is 35.5. The van der Waals surface area contributed by atoms with Crippen molar-refractivity contribution in [2.24, 2.45) is 5.92 Å². The van der Waals surface area contributed by atoms with E-state index in [9.17, 15) is 0 Å². The third-order valence-corrected chi connectivity index (χ3v) is 3.97. The molecule has 0 aliphatic carbocycles. The van der Waals surface area contributed by atoms with Crippen LogP contribution in [0.25, 0.3) is 0 Å². The Bertz CT molecular complexity index is 454. The lowest BCUT2D eigenvalue weighted by atomic mass is 10.2. The Labute approximate surface area is 136 Å². The second-order valence-electron chi connectivity index (χ2n) is 5.90. The molecule has 0 aromatic heterocycles. The summed E-state index contributed by atoms with van der Waals surface area (Å²) in [6.07, 6.45) is 2.54. The van der Waals surface area contributed by atoms with Gasteiger partial charge in [0.15, 0.2) is 0 Å². The van der Waals surface area contributed by atoms with Crippen LogP contribution in [-0.2, 0) is 4.74 Å². The van der Waals surface area contributed by atoms with Crippen LogP contribution >= 0.6 is 23.2 Å². The maximum Gasteiger partial charge on any atom is 0.138 e. The summed E-state index contributed by atoms with van der Waals surface area (Å²) < 4.78 is 11.7. The zero-order valence-corrected chi connectivity index (χ0v) is 14.1. The van der Waals surface area contributed by atoms with E-state index in [-0.39, 0.29) is 12.2 Å². The normalized spacial score (nSPS) is 22.0. The Morgan fingerprint density at radius 3 is 2.76 bits per heavy atom. The minimum absolute atomic E-state index is 0.141. The third-order valence-electron chi connectivity index (χ3n) is 3.44. The van der Waals surface area contributed by atoms with Crippen LogP contribution in [0.5, 0.6) is 5.75 Å². The number of hydrogen-bond acceptors (Lipinski definition) is 3. The highest BCUT2D eigenvalue weighted by molar-refractivity contribution is 6.35. The number of hydrogen-bond donors (Lipinski definition) is 1. The molecule has 0 spiro atoms. The quantitative estimate of drug-likeness (QED) is 0.813. The van der Waals surface area contributed by atoms with E-state index in [0.29, 0.717) is 28.3 Å². The third kappa shape index (κ3) is 5.67. The van der Waals surface area contributed by atoms with Crippen molar-refractivity contribution < 1.29 is 9.47 Å². The van der Waals surface area contributed by atoms with Crippen molar-refractivity contribution in [3.05, 3.63) is 28.2 Å². The lowest BCUT2D eigenvalue weighted by Crippen LogP contribution is -2.30. The van der Waals surface area contributed by atoms with E-state index < -0.39 is 0 Å². The van der Waals surface area contributed by atoms with Crippen LogP contribution in [0.2, 0.25) is 10.0 Å². The molecule has 5 heteroatoms. The summed E-state index contributed by atoms with van der Waals surface area (Å²) >= 11 is 11.9. The molecule has 3 nitrogen and oxygen atoms in total. The molecular formula is C16H23Cl2NO2. The average Bonchev–Trinajstić information content (AvgIpc) is 2.85. The first-order chi connectivity index (χ1) is 10.0. The van der Waals surface area contributed by atoms with E-state index in [1.165, 1.54) is 0 Å². The summed E-state index contributed by atoms with van der Waals surface area (Å²) in [7, 11) is 0. The van der Waals surface area contributed by atoms with Crippen molar-refractivity contribution in [2.75, 3.05) is 19.7 Å². The molecule has 0 amide bonds. The molecule has 1 heterocycles. The molecular weight excluding hydrogens is 309 g/mol. The Morgan fingerprint density at radius 2 is 2.05 bits per heavy atom. The van der Waals surface area contributed by atoms with Gasteiger partial charge in [0.1, 0.15) is 12.4 Å². The Hall–Kier alpha value is -0.480. The molecule has 1 fully saturated rings. The number of ether oxygens (including phenoxy) is 2. The zero-order chi connectivity index (χ0) is 15.2. The second kappa shape index (κ2) is 8.23. The standard InChI is InChI=1S/C16H23Cl2NO2/c1-11(2)8-19-9-13-4-5-14(21-13)10-20-16-6-3-12(17)7-15(16)18/h3,6-7,11,13-14,19H,4-5,8-10H2,1-2H3. The first-order valence-corrected chi connectivity index (χ1v) is 8.24. The van der Waals surface area contributed by atoms with Crippen molar-refractivity contribution in [1.29, 1.82) is 0 Å². The smallest absolute Gasteiger partial charge is 0.138 e. The molecule has 1 saturated heterocycles. The maximum atomic E-state index is 6.08. The monoisotopic (exact) mass is 331 g/mol. The molecule has 1 aliphatic heterocycles. The first-order valence-electron chi connectivity index (χ1n) is 7.48. The molecule has 0 saturated carbocycles. The Kier molecular flexibility index (Phi) is 6.62. The summed E-state index contributed by atoms with van der Waals surface area (Å²) in [6.45, 7) is 6.88. The minimum atomic E-state index is 0.141. The fraction of sp³-hybridized carbons (Fsp3) is 0.625. The van der Waals surface area contributed by atoms with Crippen LogP contribution < -0.4 is 10.1 Å². The average molecular weight is 332 g/mol. The molecule has 2 unspecified atom stereocenters. The topological polar surface area (TPSA) is 30.5 Å². The van der Waals surface area contributed by atoms with Gasteiger partial charge in [-0.1, -0.05) is 37.0 Å². The summed E-state index contributed by atoms with van der Waals surface area (Å²) in [5.41, 5.74) is 0. The zero-order valence-electron chi connectivity index (χ0n) is 12.6. The van der Waals surface area contributed by atoms with Crippen LogP contribution in [0.15, 0.2) is 18.2 Å². The number of nitrogens with one attached hydrogen (secondary N) is 1. The van der Waals surface area contributed by atoms with Gasteiger partial charge in [-0.15, -0.1) is 0 Å². The maximum absolute atomic E-state index is 6.08. The van der Waals surface area contributed by atoms with Gasteiger partial charge in [0.05, 0.1) is 17.2 Å². The van der Waals surface area contributed by atoms with Crippen molar-refractivity contribution >= 4 is 23.2 Å². The van der Waals surface area contributed by atoms with Crippen LogP contribution in [0.4, 0.5) is 0 Å². The van der Waals surface area contributed by atoms with Gasteiger partial charge in [0.25, 0.3) is 0 Å². The molecule has 0 radical (unpaired) electrons. The molecule has 21 heavy (non-hydrogen) atoms. The summed E-state index contributed by atoms with van der Waals surface area (Å²) in [4.78, 5) is 0. The van der Waals surface area contributed by atoms with Gasteiger partial charge < -0.3 is 14.8 Å². The van der Waals surface area contributed by atoms with E-state index in [2.05, 4.69) is 19.2 Å². The first kappa shape index (κ1) is 16.9. The van der Waals surface area contributed by atoms with Gasteiger partial charge >= 0.3 is 0 Å². The van der Waals surface area contributed by atoms with Gasteiger partial charge in [0, 0.05) is 11.6 Å². The van der Waals surface area contributed by atoms with Crippen molar-refractivity contribution in [3.8, 4) is 5.75 Å². The highest BCUT2D eigenvalue weighted by Crippen LogP contribution is 2.28. The Morgan fingerprint density at radius 1 is 1.29 bits per heavy atom. The molecule has 0 bridgehead atoms. The van der Waals surface area contributed by atoms with E-state index in [4.69, 9.17) is 32.7 Å². The van der Waals surface area contributed by atoms with E-state index >= 15 is 0 Å². The lowest BCUT2D eigenvalue weighted by molar-refractivity contribution is 0.0184. The minimum Gasteiger partial charge on any atom is -0.489 e. The fourth-order valence-electron chi connectivity index (χ4n) is 2.36. The van der Waals surface area contributed by atoms with Crippen LogP contribution in [0, 0.1) is 5.92 Å². The fourth-order valence-corrected chi connectivity index (χ4v) is 2.82. The van der Waals surface area contributed by atoms with Gasteiger partial charge in [0.2, 0.25) is 0 Å². The van der Waals surface area contributed by atoms with Gasteiger partial charge in [-0.25, -0.2) is 0 Å². The molecule has 1 aromatic carbocycles. The molecule has 1 aliphatic rings. The molecule has 2 atom stereocenters. The Balaban J connectivity index is 1.70. The predicted molar refractivity (Wildman–Crippen MR) is 87.6 cm³/mol.